The maximum Gasteiger partial charge on any atom is 0.328 e. The van der Waals surface area contributed by atoms with Crippen LogP contribution in [0.15, 0.2) is 30.5 Å². The van der Waals surface area contributed by atoms with Crippen LogP contribution in [0.1, 0.15) is 30.6 Å². The van der Waals surface area contributed by atoms with Gasteiger partial charge in [-0.15, -0.1) is 0 Å². The van der Waals surface area contributed by atoms with Crippen LogP contribution in [0.25, 0.3) is 10.9 Å². The van der Waals surface area contributed by atoms with Crippen molar-refractivity contribution in [2.24, 2.45) is 5.92 Å². The van der Waals surface area contributed by atoms with Gasteiger partial charge in [0.25, 0.3) is 5.91 Å². The van der Waals surface area contributed by atoms with Gasteiger partial charge in [-0.25, -0.2) is 4.79 Å². The molecule has 1 aromatic carbocycles. The number of carbonyl (C=O) groups is 2. The SMILES string of the molecule is CC[C@H](C)[C@H](NC(=O)c1ccc2cc[nH]c2c1)C(=O)OC. The van der Waals surface area contributed by atoms with E-state index in [-0.39, 0.29) is 11.8 Å². The van der Waals surface area contributed by atoms with E-state index in [0.717, 1.165) is 17.3 Å². The molecule has 0 aliphatic carbocycles. The molecule has 0 bridgehead atoms. The predicted molar refractivity (Wildman–Crippen MR) is 81.0 cm³/mol. The highest BCUT2D eigenvalue weighted by atomic mass is 16.5. The average Bonchev–Trinajstić information content (AvgIpc) is 2.98. The zero-order valence-corrected chi connectivity index (χ0v) is 12.5. The van der Waals surface area contributed by atoms with Gasteiger partial charge in [0.05, 0.1) is 7.11 Å². The summed E-state index contributed by atoms with van der Waals surface area (Å²) in [5.41, 5.74) is 1.41. The van der Waals surface area contributed by atoms with Crippen LogP contribution in [-0.2, 0) is 9.53 Å². The molecule has 1 amide bonds. The molecule has 0 aliphatic heterocycles. The number of methoxy groups -OCH3 is 1. The molecule has 0 saturated carbocycles. The number of hydrogen-bond acceptors (Lipinski definition) is 3. The lowest BCUT2D eigenvalue weighted by atomic mass is 9.98. The second-order valence-corrected chi connectivity index (χ2v) is 5.14. The minimum Gasteiger partial charge on any atom is -0.467 e. The van der Waals surface area contributed by atoms with Gasteiger partial charge < -0.3 is 15.0 Å². The number of fused-ring (bicyclic) bond motifs is 1. The van der Waals surface area contributed by atoms with Crippen LogP contribution in [0.2, 0.25) is 0 Å². The van der Waals surface area contributed by atoms with E-state index in [1.54, 1.807) is 12.1 Å². The number of H-pyrrole nitrogens is 1. The summed E-state index contributed by atoms with van der Waals surface area (Å²) >= 11 is 0. The minimum absolute atomic E-state index is 0.00983. The van der Waals surface area contributed by atoms with Crippen molar-refractivity contribution in [1.29, 1.82) is 0 Å². The second-order valence-electron chi connectivity index (χ2n) is 5.14. The van der Waals surface area contributed by atoms with Crippen molar-refractivity contribution < 1.29 is 14.3 Å². The fraction of sp³-hybridized carbons (Fsp3) is 0.375. The first-order valence-electron chi connectivity index (χ1n) is 7.02. The molecule has 5 heteroatoms. The summed E-state index contributed by atoms with van der Waals surface area (Å²) in [6.07, 6.45) is 2.60. The Morgan fingerprint density at radius 2 is 2.10 bits per heavy atom. The summed E-state index contributed by atoms with van der Waals surface area (Å²) in [6.45, 7) is 3.88. The van der Waals surface area contributed by atoms with Gasteiger partial charge in [-0.1, -0.05) is 26.3 Å². The van der Waals surface area contributed by atoms with E-state index in [9.17, 15) is 9.59 Å². The van der Waals surface area contributed by atoms with E-state index >= 15 is 0 Å². The van der Waals surface area contributed by atoms with Crippen molar-refractivity contribution in [1.82, 2.24) is 10.3 Å². The number of benzene rings is 1. The average molecular weight is 288 g/mol. The Balaban J connectivity index is 2.19. The molecule has 112 valence electrons. The summed E-state index contributed by atoms with van der Waals surface area (Å²) in [5.74, 6) is -0.684. The van der Waals surface area contributed by atoms with Crippen LogP contribution < -0.4 is 5.32 Å². The topological polar surface area (TPSA) is 71.2 Å². The summed E-state index contributed by atoms with van der Waals surface area (Å²) < 4.78 is 4.77. The summed E-state index contributed by atoms with van der Waals surface area (Å²) in [7, 11) is 1.33. The van der Waals surface area contributed by atoms with E-state index in [0.29, 0.717) is 5.56 Å². The van der Waals surface area contributed by atoms with Gasteiger partial charge in [-0.05, 0) is 29.5 Å². The van der Waals surface area contributed by atoms with Gasteiger partial charge in [0.1, 0.15) is 6.04 Å². The van der Waals surface area contributed by atoms with E-state index in [2.05, 4.69) is 10.3 Å². The largest absolute Gasteiger partial charge is 0.467 e. The predicted octanol–water partition coefficient (Wildman–Crippen LogP) is 2.49. The van der Waals surface area contributed by atoms with Gasteiger partial charge in [0.2, 0.25) is 0 Å². The Morgan fingerprint density at radius 3 is 2.76 bits per heavy atom. The fourth-order valence-electron chi connectivity index (χ4n) is 2.21. The lowest BCUT2D eigenvalue weighted by molar-refractivity contribution is -0.144. The first-order chi connectivity index (χ1) is 10.1. The smallest absolute Gasteiger partial charge is 0.328 e. The van der Waals surface area contributed by atoms with Gasteiger partial charge in [-0.3, -0.25) is 4.79 Å². The number of hydrogen-bond donors (Lipinski definition) is 2. The first kappa shape index (κ1) is 15.1. The van der Waals surface area contributed by atoms with E-state index < -0.39 is 12.0 Å². The molecule has 21 heavy (non-hydrogen) atoms. The van der Waals surface area contributed by atoms with E-state index in [4.69, 9.17) is 4.74 Å². The number of amides is 1. The number of esters is 1. The van der Waals surface area contributed by atoms with Crippen LogP contribution in [0, 0.1) is 5.92 Å². The lowest BCUT2D eigenvalue weighted by Crippen LogP contribution is -2.45. The fourth-order valence-corrected chi connectivity index (χ4v) is 2.21. The zero-order valence-electron chi connectivity index (χ0n) is 12.5. The number of aromatic nitrogens is 1. The van der Waals surface area contributed by atoms with Gasteiger partial charge in [0, 0.05) is 17.3 Å². The van der Waals surface area contributed by atoms with Crippen molar-refractivity contribution in [3.05, 3.63) is 36.0 Å². The highest BCUT2D eigenvalue weighted by molar-refractivity contribution is 5.99. The Bertz CT molecular complexity index is 648. The molecular formula is C16H20N2O3. The zero-order chi connectivity index (χ0) is 15.4. The normalized spacial score (nSPS) is 13.7. The number of aromatic amines is 1. The monoisotopic (exact) mass is 288 g/mol. The number of ether oxygens (including phenoxy) is 1. The van der Waals surface area contributed by atoms with Gasteiger partial charge in [0.15, 0.2) is 0 Å². The van der Waals surface area contributed by atoms with Crippen molar-refractivity contribution in [2.75, 3.05) is 7.11 Å². The third kappa shape index (κ3) is 3.24. The van der Waals surface area contributed by atoms with Crippen LogP contribution in [-0.4, -0.2) is 30.0 Å². The molecule has 5 nitrogen and oxygen atoms in total. The molecule has 0 unspecified atom stereocenters. The lowest BCUT2D eigenvalue weighted by Gasteiger charge is -2.21. The molecule has 1 aromatic heterocycles. The summed E-state index contributed by atoms with van der Waals surface area (Å²) in [4.78, 5) is 27.2. The molecule has 2 N–H and O–H groups in total. The third-order valence-corrected chi connectivity index (χ3v) is 3.77. The van der Waals surface area contributed by atoms with Crippen molar-refractivity contribution >= 4 is 22.8 Å². The number of rotatable bonds is 5. The van der Waals surface area contributed by atoms with Crippen LogP contribution >= 0.6 is 0 Å². The Morgan fingerprint density at radius 1 is 1.33 bits per heavy atom. The second kappa shape index (κ2) is 6.43. The summed E-state index contributed by atoms with van der Waals surface area (Å²) in [6, 6.07) is 6.70. The van der Waals surface area contributed by atoms with Crippen LogP contribution in [0.4, 0.5) is 0 Å². The van der Waals surface area contributed by atoms with Crippen LogP contribution in [0.3, 0.4) is 0 Å². The maximum absolute atomic E-state index is 12.3. The molecule has 2 rings (SSSR count). The molecule has 0 spiro atoms. The Kier molecular flexibility index (Phi) is 4.62. The van der Waals surface area contributed by atoms with Crippen molar-refractivity contribution in [2.45, 2.75) is 26.3 Å². The van der Waals surface area contributed by atoms with Gasteiger partial charge in [-0.2, -0.15) is 0 Å². The standard InChI is InChI=1S/C16H20N2O3/c1-4-10(2)14(16(20)21-3)18-15(19)12-6-5-11-7-8-17-13(11)9-12/h5-10,14,17H,4H2,1-3H3,(H,18,19)/t10-,14-/m0/s1. The van der Waals surface area contributed by atoms with E-state index in [1.165, 1.54) is 7.11 Å². The van der Waals surface area contributed by atoms with Gasteiger partial charge >= 0.3 is 5.97 Å². The maximum atomic E-state index is 12.3. The molecule has 0 aliphatic rings. The number of nitrogens with one attached hydrogen (secondary N) is 2. The summed E-state index contributed by atoms with van der Waals surface area (Å²) in [5, 5.41) is 3.80. The molecule has 0 saturated heterocycles. The first-order valence-corrected chi connectivity index (χ1v) is 7.02. The number of carbonyl (C=O) groups excluding carboxylic acids is 2. The minimum atomic E-state index is -0.633. The molecule has 2 atom stereocenters. The highest BCUT2D eigenvalue weighted by Crippen LogP contribution is 2.15. The van der Waals surface area contributed by atoms with E-state index in [1.807, 2.05) is 32.2 Å². The molecular weight excluding hydrogens is 268 g/mol. The molecule has 0 fully saturated rings. The Labute approximate surface area is 123 Å². The molecule has 0 radical (unpaired) electrons. The molecule has 2 aromatic rings. The Hall–Kier alpha value is -2.30. The quantitative estimate of drug-likeness (QED) is 0.830. The van der Waals surface area contributed by atoms with Crippen LogP contribution in [0.5, 0.6) is 0 Å². The molecule has 1 heterocycles. The van der Waals surface area contributed by atoms with Crippen molar-refractivity contribution in [3.8, 4) is 0 Å². The van der Waals surface area contributed by atoms with Crippen molar-refractivity contribution in [3.63, 3.8) is 0 Å². The third-order valence-electron chi connectivity index (χ3n) is 3.77. The highest BCUT2D eigenvalue weighted by Gasteiger charge is 2.27.